The van der Waals surface area contributed by atoms with Crippen LogP contribution >= 0.6 is 0 Å². The van der Waals surface area contributed by atoms with Crippen LogP contribution < -0.4 is 5.32 Å². The van der Waals surface area contributed by atoms with Crippen LogP contribution in [0, 0.1) is 0 Å². The van der Waals surface area contributed by atoms with Gasteiger partial charge in [-0.2, -0.15) is 0 Å². The van der Waals surface area contributed by atoms with Crippen LogP contribution in [0.2, 0.25) is 0 Å². The molecule has 0 aromatic carbocycles. The van der Waals surface area contributed by atoms with Gasteiger partial charge in [-0.15, -0.1) is 0 Å². The topological polar surface area (TPSA) is 36.9 Å². The lowest BCUT2D eigenvalue weighted by Crippen LogP contribution is -2.42. The molecule has 2 aliphatic rings. The number of rotatable bonds is 0. The highest BCUT2D eigenvalue weighted by molar-refractivity contribution is 5.75. The van der Waals surface area contributed by atoms with Crippen LogP contribution in [-0.2, 0) is 4.74 Å². The van der Waals surface area contributed by atoms with E-state index in [0.717, 1.165) is 26.1 Å². The van der Waals surface area contributed by atoms with Crippen molar-refractivity contribution >= 4 is 6.02 Å². The summed E-state index contributed by atoms with van der Waals surface area (Å²) in [4.78, 5) is 7.13. The molecule has 4 heteroatoms. The number of ether oxygens (including phenoxy) is 1. The van der Waals surface area contributed by atoms with Crippen LogP contribution in [0.1, 0.15) is 27.2 Å². The van der Waals surface area contributed by atoms with Crippen molar-refractivity contribution < 1.29 is 4.74 Å². The first kappa shape index (κ1) is 10.7. The average Bonchev–Trinajstić information content (AvgIpc) is 2.73. The summed E-state index contributed by atoms with van der Waals surface area (Å²) in [7, 11) is 1.86. The second-order valence-electron chi connectivity index (χ2n) is 5.52. The van der Waals surface area contributed by atoms with Crippen molar-refractivity contribution in [2.45, 2.75) is 38.3 Å². The fourth-order valence-electron chi connectivity index (χ4n) is 2.25. The Hall–Kier alpha value is -0.770. The summed E-state index contributed by atoms with van der Waals surface area (Å²) in [6, 6.07) is 0.700. The van der Waals surface area contributed by atoms with Gasteiger partial charge < -0.3 is 10.1 Å². The number of nitrogens with zero attached hydrogens (tertiary/aromatic N) is 2. The molecule has 1 N–H and O–H groups in total. The molecule has 1 spiro atoms. The van der Waals surface area contributed by atoms with Gasteiger partial charge in [-0.05, 0) is 27.2 Å². The van der Waals surface area contributed by atoms with Crippen LogP contribution in [0.15, 0.2) is 4.99 Å². The predicted molar refractivity (Wildman–Crippen MR) is 61.1 cm³/mol. The minimum Gasteiger partial charge on any atom is -0.463 e. The van der Waals surface area contributed by atoms with Crippen LogP contribution in [0.25, 0.3) is 0 Å². The Kier molecular flexibility index (Phi) is 2.41. The molecule has 0 bridgehead atoms. The molecule has 1 fully saturated rings. The highest BCUT2D eigenvalue weighted by Gasteiger charge is 2.45. The first-order valence-electron chi connectivity index (χ1n) is 5.61. The zero-order chi connectivity index (χ0) is 11.1. The smallest absolute Gasteiger partial charge is 0.285 e. The summed E-state index contributed by atoms with van der Waals surface area (Å²) in [6.07, 6.45) is 1.11. The van der Waals surface area contributed by atoms with E-state index in [-0.39, 0.29) is 11.1 Å². The van der Waals surface area contributed by atoms with Crippen molar-refractivity contribution in [2.24, 2.45) is 4.99 Å². The molecule has 0 amide bonds. The van der Waals surface area contributed by atoms with Gasteiger partial charge in [0.1, 0.15) is 12.1 Å². The van der Waals surface area contributed by atoms with Crippen molar-refractivity contribution in [3.8, 4) is 0 Å². The highest BCUT2D eigenvalue weighted by Crippen LogP contribution is 2.33. The molecule has 86 valence electrons. The van der Waals surface area contributed by atoms with Crippen molar-refractivity contribution in [1.82, 2.24) is 10.2 Å². The van der Waals surface area contributed by atoms with Gasteiger partial charge in [-0.3, -0.25) is 4.90 Å². The number of aliphatic imine (C=N–C) groups is 1. The standard InChI is InChI=1S/C11H21N3O/c1-10(2,3)14-6-5-11(7-14)8-15-9(12-4)13-11/h5-8H2,1-4H3,(H,12,13). The minimum absolute atomic E-state index is 0.0195. The monoisotopic (exact) mass is 211 g/mol. The first-order chi connectivity index (χ1) is 6.95. The Morgan fingerprint density at radius 2 is 2.20 bits per heavy atom. The zero-order valence-electron chi connectivity index (χ0n) is 10.1. The molecule has 1 saturated heterocycles. The molecule has 0 aliphatic carbocycles. The van der Waals surface area contributed by atoms with Crippen LogP contribution in [-0.4, -0.2) is 48.7 Å². The molecule has 4 nitrogen and oxygen atoms in total. The summed E-state index contributed by atoms with van der Waals surface area (Å²) in [5.41, 5.74) is 0.257. The van der Waals surface area contributed by atoms with E-state index in [1.54, 1.807) is 0 Å². The lowest BCUT2D eigenvalue weighted by Gasteiger charge is -2.32. The predicted octanol–water partition coefficient (Wildman–Crippen LogP) is 0.835. The number of hydrogen-bond donors (Lipinski definition) is 1. The van der Waals surface area contributed by atoms with E-state index in [1.165, 1.54) is 0 Å². The molecule has 15 heavy (non-hydrogen) atoms. The maximum atomic E-state index is 5.51. The van der Waals surface area contributed by atoms with Crippen molar-refractivity contribution in [3.05, 3.63) is 0 Å². The van der Waals surface area contributed by atoms with E-state index in [0.29, 0.717) is 6.02 Å². The molecular weight excluding hydrogens is 190 g/mol. The van der Waals surface area contributed by atoms with Gasteiger partial charge >= 0.3 is 0 Å². The maximum absolute atomic E-state index is 5.51. The third-order valence-corrected chi connectivity index (χ3v) is 3.31. The second kappa shape index (κ2) is 3.37. The number of hydrogen-bond acceptors (Lipinski definition) is 4. The van der Waals surface area contributed by atoms with E-state index in [2.05, 4.69) is 36.0 Å². The SMILES string of the molecule is CNC1=NC2(CCN(C(C)(C)C)C2)CO1. The Morgan fingerprint density at radius 1 is 1.47 bits per heavy atom. The normalized spacial score (nSPS) is 31.9. The maximum Gasteiger partial charge on any atom is 0.285 e. The molecule has 1 unspecified atom stereocenters. The van der Waals surface area contributed by atoms with E-state index in [9.17, 15) is 0 Å². The quantitative estimate of drug-likeness (QED) is 0.645. The summed E-state index contributed by atoms with van der Waals surface area (Å²) in [5, 5.41) is 2.98. The summed E-state index contributed by atoms with van der Waals surface area (Å²) < 4.78 is 5.51. The van der Waals surface area contributed by atoms with Crippen LogP contribution in [0.3, 0.4) is 0 Å². The second-order valence-corrected chi connectivity index (χ2v) is 5.52. The minimum atomic E-state index is 0.0195. The van der Waals surface area contributed by atoms with Crippen LogP contribution in [0.5, 0.6) is 0 Å². The molecule has 0 radical (unpaired) electrons. The number of amidine groups is 1. The van der Waals surface area contributed by atoms with Gasteiger partial charge in [0.2, 0.25) is 0 Å². The molecular formula is C11H21N3O. The van der Waals surface area contributed by atoms with Crippen molar-refractivity contribution in [3.63, 3.8) is 0 Å². The molecule has 0 aromatic heterocycles. The van der Waals surface area contributed by atoms with Gasteiger partial charge in [0.05, 0.1) is 0 Å². The zero-order valence-corrected chi connectivity index (χ0v) is 10.1. The molecule has 2 aliphatic heterocycles. The Morgan fingerprint density at radius 3 is 2.67 bits per heavy atom. The van der Waals surface area contributed by atoms with Crippen LogP contribution in [0.4, 0.5) is 0 Å². The van der Waals surface area contributed by atoms with Gasteiger partial charge in [-0.25, -0.2) is 4.99 Å². The van der Waals surface area contributed by atoms with Gasteiger partial charge in [0, 0.05) is 25.7 Å². The molecule has 2 rings (SSSR count). The van der Waals surface area contributed by atoms with Gasteiger partial charge in [0.25, 0.3) is 6.02 Å². The number of nitrogens with one attached hydrogen (secondary N) is 1. The van der Waals surface area contributed by atoms with E-state index in [4.69, 9.17) is 4.74 Å². The third-order valence-electron chi connectivity index (χ3n) is 3.31. The third kappa shape index (κ3) is 1.95. The average molecular weight is 211 g/mol. The Balaban J connectivity index is 2.07. The lowest BCUT2D eigenvalue weighted by atomic mass is 10.0. The van der Waals surface area contributed by atoms with E-state index >= 15 is 0 Å². The summed E-state index contributed by atoms with van der Waals surface area (Å²) in [5.74, 6) is 0. The summed E-state index contributed by atoms with van der Waals surface area (Å²) >= 11 is 0. The van der Waals surface area contributed by atoms with Gasteiger partial charge in [-0.1, -0.05) is 0 Å². The van der Waals surface area contributed by atoms with Crippen molar-refractivity contribution in [1.29, 1.82) is 0 Å². The molecule has 0 aromatic rings. The molecule has 1 atom stereocenters. The Bertz CT molecular complexity index is 282. The lowest BCUT2D eigenvalue weighted by molar-refractivity contribution is 0.156. The summed E-state index contributed by atoms with van der Waals surface area (Å²) in [6.45, 7) is 9.63. The van der Waals surface area contributed by atoms with E-state index in [1.807, 2.05) is 7.05 Å². The Labute approximate surface area is 91.7 Å². The fourth-order valence-corrected chi connectivity index (χ4v) is 2.25. The highest BCUT2D eigenvalue weighted by atomic mass is 16.5. The van der Waals surface area contributed by atoms with Crippen molar-refractivity contribution in [2.75, 3.05) is 26.7 Å². The number of likely N-dealkylation sites (tertiary alicyclic amines) is 1. The fraction of sp³-hybridized carbons (Fsp3) is 0.909. The molecule has 0 saturated carbocycles. The first-order valence-corrected chi connectivity index (χ1v) is 5.61. The largest absolute Gasteiger partial charge is 0.463 e. The molecule has 2 heterocycles. The van der Waals surface area contributed by atoms with E-state index < -0.39 is 0 Å². The van der Waals surface area contributed by atoms with Gasteiger partial charge in [0.15, 0.2) is 0 Å².